The zero-order chi connectivity index (χ0) is 24.4. The molecule has 3 aromatic carbocycles. The van der Waals surface area contributed by atoms with Gasteiger partial charge in [-0.15, -0.1) is 0 Å². The van der Waals surface area contributed by atoms with Gasteiger partial charge in [0.2, 0.25) is 0 Å². The third-order valence-electron chi connectivity index (χ3n) is 7.21. The summed E-state index contributed by atoms with van der Waals surface area (Å²) in [7, 11) is 0. The second-order valence-corrected chi connectivity index (χ2v) is 9.25. The number of aryl methyl sites for hydroxylation is 1. The molecule has 3 aromatic rings. The van der Waals surface area contributed by atoms with Gasteiger partial charge < -0.3 is 14.9 Å². The van der Waals surface area contributed by atoms with Crippen LogP contribution in [0.5, 0.6) is 5.75 Å². The van der Waals surface area contributed by atoms with Gasteiger partial charge >= 0.3 is 0 Å². The van der Waals surface area contributed by atoms with E-state index in [9.17, 15) is 14.6 Å². The Hall–Kier alpha value is -3.63. The van der Waals surface area contributed by atoms with E-state index >= 15 is 0 Å². The zero-order valence-electron chi connectivity index (χ0n) is 19.7. The molecule has 0 bridgehead atoms. The zero-order valence-corrected chi connectivity index (χ0v) is 19.7. The number of aliphatic hydroxyl groups is 1. The highest BCUT2D eigenvalue weighted by Gasteiger charge is 2.44. The third-order valence-corrected chi connectivity index (χ3v) is 7.21. The molecule has 3 aliphatic rings. The molecule has 2 aliphatic carbocycles. The summed E-state index contributed by atoms with van der Waals surface area (Å²) in [6.45, 7) is 2.50. The Morgan fingerprint density at radius 3 is 2.51 bits per heavy atom. The van der Waals surface area contributed by atoms with Crippen LogP contribution in [-0.4, -0.2) is 22.9 Å². The average molecular weight is 469 g/mol. The molecule has 178 valence electrons. The Morgan fingerprint density at radius 1 is 0.971 bits per heavy atom. The number of fused-ring (bicyclic) bond motifs is 5. The highest BCUT2D eigenvalue weighted by Crippen LogP contribution is 2.50. The summed E-state index contributed by atoms with van der Waals surface area (Å²) >= 11 is 0. The van der Waals surface area contributed by atoms with Crippen molar-refractivity contribution < 1.29 is 19.3 Å². The second-order valence-electron chi connectivity index (χ2n) is 9.25. The molecule has 0 amide bonds. The molecule has 2 unspecified atom stereocenters. The number of halogens is 1. The molecule has 3 nitrogen and oxygen atoms in total. The number of rotatable bonds is 2. The van der Waals surface area contributed by atoms with Crippen LogP contribution in [0.3, 0.4) is 0 Å². The van der Waals surface area contributed by atoms with Crippen molar-refractivity contribution in [2.45, 2.75) is 37.7 Å². The van der Waals surface area contributed by atoms with Gasteiger partial charge in [0.1, 0.15) is 18.2 Å². The van der Waals surface area contributed by atoms with E-state index in [1.807, 2.05) is 24.3 Å². The van der Waals surface area contributed by atoms with Gasteiger partial charge in [-0.3, -0.25) is 0 Å². The lowest BCUT2D eigenvalue weighted by molar-refractivity contribution is 0.119. The van der Waals surface area contributed by atoms with Gasteiger partial charge in [0.25, 0.3) is 0 Å². The molecule has 0 spiro atoms. The molecule has 6 rings (SSSR count). The first-order valence-electron chi connectivity index (χ1n) is 12.0. The molecule has 0 fully saturated rings. The monoisotopic (exact) mass is 468 g/mol. The number of ether oxygens (including phenoxy) is 1. The van der Waals surface area contributed by atoms with Gasteiger partial charge in [0, 0.05) is 6.07 Å². The fourth-order valence-corrected chi connectivity index (χ4v) is 5.64. The number of benzene rings is 3. The van der Waals surface area contributed by atoms with Crippen molar-refractivity contribution in [1.82, 2.24) is 0 Å². The van der Waals surface area contributed by atoms with Gasteiger partial charge in [-0.25, -0.2) is 4.39 Å². The summed E-state index contributed by atoms with van der Waals surface area (Å²) in [5.41, 5.74) is 6.89. The highest BCUT2D eigenvalue weighted by atomic mass is 19.1. The summed E-state index contributed by atoms with van der Waals surface area (Å²) in [4.78, 5) is 0. The molecule has 2 atom stereocenters. The van der Waals surface area contributed by atoms with Crippen LogP contribution in [0.25, 0.3) is 17.2 Å². The third kappa shape index (κ3) is 4.19. The number of aromatic hydroxyl groups is 1. The Bertz CT molecular complexity index is 1300. The first-order chi connectivity index (χ1) is 17.0. The van der Waals surface area contributed by atoms with Crippen molar-refractivity contribution in [2.24, 2.45) is 0 Å². The maximum atomic E-state index is 14.3. The van der Waals surface area contributed by atoms with E-state index in [2.05, 4.69) is 42.5 Å². The molecular weight excluding hydrogens is 439 g/mol. The molecule has 2 N–H and O–H groups in total. The Labute approximate surface area is 205 Å². The van der Waals surface area contributed by atoms with Crippen LogP contribution in [0.2, 0.25) is 0 Å². The number of phenols is 1. The topological polar surface area (TPSA) is 49.7 Å². The number of aliphatic hydroxyl groups excluding tert-OH is 1. The molecule has 1 aliphatic heterocycles. The molecule has 0 saturated heterocycles. The van der Waals surface area contributed by atoms with E-state index < -0.39 is 17.3 Å². The summed E-state index contributed by atoms with van der Waals surface area (Å²) in [6.07, 6.45) is 13.2. The van der Waals surface area contributed by atoms with Crippen molar-refractivity contribution in [2.75, 3.05) is 6.61 Å². The van der Waals surface area contributed by atoms with E-state index in [-0.39, 0.29) is 5.75 Å². The van der Waals surface area contributed by atoms with Crippen LogP contribution in [0, 0.1) is 5.82 Å². The van der Waals surface area contributed by atoms with Crippen LogP contribution in [0.15, 0.2) is 85.2 Å². The van der Waals surface area contributed by atoms with Crippen molar-refractivity contribution >= 4 is 6.08 Å². The summed E-state index contributed by atoms with van der Waals surface area (Å²) in [5.74, 6) is -0.613. The molecule has 0 radical (unpaired) electrons. The van der Waals surface area contributed by atoms with Crippen LogP contribution in [0.1, 0.15) is 41.2 Å². The van der Waals surface area contributed by atoms with Gasteiger partial charge in [-0.1, -0.05) is 54.6 Å². The molecule has 35 heavy (non-hydrogen) atoms. The SMILES string of the molecule is C1=CCOC=C1.CC(O)C1(c2cc(O)cc(F)c2)CC=Cc2ccc3c(c21)CCc1ccccc1-3. The van der Waals surface area contributed by atoms with Crippen molar-refractivity contribution in [3.8, 4) is 16.9 Å². The maximum Gasteiger partial charge on any atom is 0.127 e. The quantitative estimate of drug-likeness (QED) is 0.453. The normalized spacial score (nSPS) is 20.0. The van der Waals surface area contributed by atoms with Crippen LogP contribution < -0.4 is 0 Å². The molecule has 4 heteroatoms. The van der Waals surface area contributed by atoms with E-state index in [1.165, 1.54) is 28.3 Å². The summed E-state index contributed by atoms with van der Waals surface area (Å²) < 4.78 is 19.1. The molecular formula is C31H29FO3. The van der Waals surface area contributed by atoms with Gasteiger partial charge in [-0.05, 0) is 89.4 Å². The highest BCUT2D eigenvalue weighted by molar-refractivity contribution is 5.79. The second kappa shape index (κ2) is 9.55. The minimum atomic E-state index is -0.804. The molecule has 0 aromatic heterocycles. The van der Waals surface area contributed by atoms with Crippen LogP contribution >= 0.6 is 0 Å². The van der Waals surface area contributed by atoms with Crippen molar-refractivity contribution in [1.29, 1.82) is 0 Å². The van der Waals surface area contributed by atoms with Crippen LogP contribution in [0.4, 0.5) is 4.39 Å². The van der Waals surface area contributed by atoms with Gasteiger partial charge in [-0.2, -0.15) is 0 Å². The summed E-state index contributed by atoms with van der Waals surface area (Å²) in [5, 5.41) is 21.2. The summed E-state index contributed by atoms with van der Waals surface area (Å²) in [6, 6.07) is 16.9. The average Bonchev–Trinajstić information content (AvgIpc) is 2.88. The number of hydrogen-bond donors (Lipinski definition) is 2. The number of allylic oxidation sites excluding steroid dienone is 3. The fourth-order valence-electron chi connectivity index (χ4n) is 5.64. The van der Waals surface area contributed by atoms with Gasteiger partial charge in [0.15, 0.2) is 0 Å². The van der Waals surface area contributed by atoms with E-state index in [4.69, 9.17) is 4.74 Å². The Morgan fingerprint density at radius 2 is 1.83 bits per heavy atom. The Balaban J connectivity index is 0.000000371. The fraction of sp³-hybridized carbons (Fsp3) is 0.226. The molecule has 0 saturated carbocycles. The standard InChI is InChI=1S/C26H23FO2.C5H6O/c1-16(28)26(19-13-20(27)15-21(29)14-19)12-4-6-18-9-10-23-22-7-3-2-5-17(22)8-11-24(23)25(18)26;1-2-4-6-5-3-1/h2-7,9-10,13-16,28-29H,8,11-12H2,1H3;1-4H,5H2. The molecule has 1 heterocycles. The first kappa shape index (κ1) is 23.1. The van der Waals surface area contributed by atoms with E-state index in [0.717, 1.165) is 36.6 Å². The smallest absolute Gasteiger partial charge is 0.127 e. The first-order valence-corrected chi connectivity index (χ1v) is 12.0. The predicted molar refractivity (Wildman–Crippen MR) is 138 cm³/mol. The maximum absolute atomic E-state index is 14.3. The van der Waals surface area contributed by atoms with E-state index in [0.29, 0.717) is 12.0 Å². The minimum absolute atomic E-state index is 0.119. The number of hydrogen-bond acceptors (Lipinski definition) is 3. The van der Waals surface area contributed by atoms with Crippen LogP contribution in [-0.2, 0) is 23.0 Å². The lowest BCUT2D eigenvalue weighted by Crippen LogP contribution is -2.41. The minimum Gasteiger partial charge on any atom is -0.508 e. The van der Waals surface area contributed by atoms with Crippen molar-refractivity contribution in [3.05, 3.63) is 119 Å². The van der Waals surface area contributed by atoms with E-state index in [1.54, 1.807) is 19.3 Å². The Kier molecular flexibility index (Phi) is 6.31. The predicted octanol–water partition coefficient (Wildman–Crippen LogP) is 6.47. The lowest BCUT2D eigenvalue weighted by atomic mass is 9.62. The van der Waals surface area contributed by atoms with Gasteiger partial charge in [0.05, 0.1) is 17.8 Å². The largest absolute Gasteiger partial charge is 0.508 e. The lowest BCUT2D eigenvalue weighted by Gasteiger charge is -2.43. The van der Waals surface area contributed by atoms with Crippen molar-refractivity contribution in [3.63, 3.8) is 0 Å². The number of phenolic OH excluding ortho intramolecular Hbond substituents is 1.